The van der Waals surface area contributed by atoms with E-state index in [2.05, 4.69) is 0 Å². The van der Waals surface area contributed by atoms with Crippen LogP contribution in [-0.4, -0.2) is 47.4 Å². The second kappa shape index (κ2) is 11.2. The molecule has 8 heteroatoms. The molecule has 1 aromatic heterocycles. The molecule has 0 bridgehead atoms. The van der Waals surface area contributed by atoms with Crippen LogP contribution in [0.25, 0.3) is 0 Å². The number of hydrogen-bond donors (Lipinski definition) is 0. The van der Waals surface area contributed by atoms with Crippen molar-refractivity contribution < 1.29 is 18.7 Å². The number of ether oxygens (including phenoxy) is 1. The maximum atomic E-state index is 13.6. The SMILES string of the molecule is CC[C@@H](C)N(CC(=O)N1CCc2sccc2[C@H]1COc1ccc(Cl)cc1)C(=O)c1ccc(F)cc1. The molecule has 3 aromatic rings. The first kappa shape index (κ1) is 25.2. The van der Waals surface area contributed by atoms with Crippen LogP contribution in [0.3, 0.4) is 0 Å². The summed E-state index contributed by atoms with van der Waals surface area (Å²) >= 11 is 7.67. The lowest BCUT2D eigenvalue weighted by Crippen LogP contribution is -2.49. The first-order valence-electron chi connectivity index (χ1n) is 11.7. The Labute approximate surface area is 214 Å². The second-order valence-corrected chi connectivity index (χ2v) is 10.1. The van der Waals surface area contributed by atoms with Crippen molar-refractivity contribution >= 4 is 34.8 Å². The van der Waals surface area contributed by atoms with Gasteiger partial charge >= 0.3 is 0 Å². The summed E-state index contributed by atoms with van der Waals surface area (Å²) in [7, 11) is 0. The van der Waals surface area contributed by atoms with Gasteiger partial charge in [0.25, 0.3) is 5.91 Å². The molecule has 4 rings (SSSR count). The molecule has 0 N–H and O–H groups in total. The summed E-state index contributed by atoms with van der Waals surface area (Å²) < 4.78 is 19.4. The third kappa shape index (κ3) is 5.85. The van der Waals surface area contributed by atoms with Gasteiger partial charge in [-0.15, -0.1) is 11.3 Å². The molecule has 35 heavy (non-hydrogen) atoms. The Morgan fingerprint density at radius 3 is 2.57 bits per heavy atom. The lowest BCUT2D eigenvalue weighted by atomic mass is 10.00. The van der Waals surface area contributed by atoms with Gasteiger partial charge in [0.2, 0.25) is 5.91 Å². The first-order valence-corrected chi connectivity index (χ1v) is 12.9. The minimum absolute atomic E-state index is 0.0534. The molecular formula is C27H28ClFN2O3S. The van der Waals surface area contributed by atoms with Gasteiger partial charge in [-0.1, -0.05) is 18.5 Å². The van der Waals surface area contributed by atoms with Gasteiger partial charge in [-0.3, -0.25) is 9.59 Å². The van der Waals surface area contributed by atoms with Crippen LogP contribution in [0.5, 0.6) is 5.75 Å². The number of nitrogens with zero attached hydrogens (tertiary/aromatic N) is 2. The monoisotopic (exact) mass is 514 g/mol. The summed E-state index contributed by atoms with van der Waals surface area (Å²) in [5.41, 5.74) is 1.45. The number of halogens is 2. The summed E-state index contributed by atoms with van der Waals surface area (Å²) in [4.78, 5) is 31.5. The van der Waals surface area contributed by atoms with Crippen LogP contribution in [0.1, 0.15) is 47.1 Å². The molecule has 2 heterocycles. The number of amides is 2. The maximum Gasteiger partial charge on any atom is 0.254 e. The predicted molar refractivity (Wildman–Crippen MR) is 137 cm³/mol. The predicted octanol–water partition coefficient (Wildman–Crippen LogP) is 5.99. The molecule has 5 nitrogen and oxygen atoms in total. The number of rotatable bonds is 8. The zero-order chi connectivity index (χ0) is 24.9. The van der Waals surface area contributed by atoms with Gasteiger partial charge in [-0.25, -0.2) is 4.39 Å². The fourth-order valence-electron chi connectivity index (χ4n) is 4.22. The minimum atomic E-state index is -0.406. The van der Waals surface area contributed by atoms with Crippen molar-refractivity contribution in [3.63, 3.8) is 0 Å². The highest BCUT2D eigenvalue weighted by atomic mass is 35.5. The molecule has 184 valence electrons. The number of fused-ring (bicyclic) bond motifs is 1. The highest BCUT2D eigenvalue weighted by molar-refractivity contribution is 7.10. The van der Waals surface area contributed by atoms with E-state index in [-0.39, 0.29) is 30.4 Å². The lowest BCUT2D eigenvalue weighted by Gasteiger charge is -2.38. The Balaban J connectivity index is 1.54. The average Bonchev–Trinajstić information content (AvgIpc) is 3.35. The van der Waals surface area contributed by atoms with Crippen molar-refractivity contribution in [2.75, 3.05) is 19.7 Å². The molecule has 0 spiro atoms. The van der Waals surface area contributed by atoms with E-state index in [1.807, 2.05) is 30.2 Å². The van der Waals surface area contributed by atoms with Gasteiger partial charge in [-0.05, 0) is 85.3 Å². The number of hydrogen-bond acceptors (Lipinski definition) is 4. The van der Waals surface area contributed by atoms with E-state index in [0.29, 0.717) is 35.9 Å². The Morgan fingerprint density at radius 2 is 1.89 bits per heavy atom. The highest BCUT2D eigenvalue weighted by Crippen LogP contribution is 2.34. The molecule has 0 saturated carbocycles. The average molecular weight is 515 g/mol. The van der Waals surface area contributed by atoms with Gasteiger partial charge in [0.05, 0.1) is 6.04 Å². The van der Waals surface area contributed by atoms with Gasteiger partial charge in [0.1, 0.15) is 24.7 Å². The summed E-state index contributed by atoms with van der Waals surface area (Å²) in [6, 6.07) is 14.2. The van der Waals surface area contributed by atoms with Crippen LogP contribution >= 0.6 is 22.9 Å². The van der Waals surface area contributed by atoms with Crippen molar-refractivity contribution in [1.82, 2.24) is 9.80 Å². The van der Waals surface area contributed by atoms with Crippen molar-refractivity contribution in [3.8, 4) is 5.75 Å². The van der Waals surface area contributed by atoms with E-state index in [1.165, 1.54) is 29.1 Å². The third-order valence-corrected chi connectivity index (χ3v) is 7.67. The highest BCUT2D eigenvalue weighted by Gasteiger charge is 2.34. The molecule has 1 aliphatic rings. The molecule has 0 saturated heterocycles. The summed E-state index contributed by atoms with van der Waals surface area (Å²) in [5.74, 6) is -0.148. The van der Waals surface area contributed by atoms with E-state index in [9.17, 15) is 14.0 Å². The van der Waals surface area contributed by atoms with E-state index < -0.39 is 5.82 Å². The van der Waals surface area contributed by atoms with Gasteiger partial charge in [-0.2, -0.15) is 0 Å². The number of thiophene rings is 1. The van der Waals surface area contributed by atoms with E-state index in [0.717, 1.165) is 12.0 Å². The molecule has 1 aliphatic heterocycles. The third-order valence-electron chi connectivity index (χ3n) is 6.42. The molecule has 2 atom stereocenters. The van der Waals surface area contributed by atoms with Crippen LogP contribution in [0, 0.1) is 5.82 Å². The first-order chi connectivity index (χ1) is 16.9. The standard InChI is InChI=1S/C27H28ClFN2O3S/c1-3-18(2)31(27(33)19-4-8-21(29)9-5-19)16-26(32)30-14-12-25-23(13-15-35-25)24(30)17-34-22-10-6-20(28)7-11-22/h4-11,13,15,18,24H,3,12,14,16-17H2,1-2H3/t18-,24-/m1/s1. The second-order valence-electron chi connectivity index (χ2n) is 8.61. The normalized spacial score (nSPS) is 15.9. The molecule has 0 aliphatic carbocycles. The molecule has 2 amide bonds. The summed E-state index contributed by atoms with van der Waals surface area (Å²) in [6.07, 6.45) is 1.46. The number of carbonyl (C=O) groups is 2. The molecule has 0 unspecified atom stereocenters. The summed E-state index contributed by atoms with van der Waals surface area (Å²) in [5, 5.41) is 2.67. The Kier molecular flexibility index (Phi) is 8.08. The van der Waals surface area contributed by atoms with Crippen LogP contribution < -0.4 is 4.74 Å². The summed E-state index contributed by atoms with van der Waals surface area (Å²) in [6.45, 7) is 4.69. The smallest absolute Gasteiger partial charge is 0.254 e. The van der Waals surface area contributed by atoms with Crippen LogP contribution in [0.15, 0.2) is 60.0 Å². The van der Waals surface area contributed by atoms with Crippen LogP contribution in [-0.2, 0) is 11.2 Å². The molecular weight excluding hydrogens is 487 g/mol. The minimum Gasteiger partial charge on any atom is -0.491 e. The van der Waals surface area contributed by atoms with E-state index in [1.54, 1.807) is 40.5 Å². The quantitative estimate of drug-likeness (QED) is 0.371. The van der Waals surface area contributed by atoms with Gasteiger partial charge in [0.15, 0.2) is 0 Å². The van der Waals surface area contributed by atoms with Crippen molar-refractivity contribution in [2.24, 2.45) is 0 Å². The zero-order valence-corrected chi connectivity index (χ0v) is 21.3. The molecule has 2 aromatic carbocycles. The maximum absolute atomic E-state index is 13.6. The Morgan fingerprint density at radius 1 is 1.17 bits per heavy atom. The topological polar surface area (TPSA) is 49.9 Å². The van der Waals surface area contributed by atoms with Crippen molar-refractivity contribution in [2.45, 2.75) is 38.8 Å². The largest absolute Gasteiger partial charge is 0.491 e. The number of benzene rings is 2. The lowest BCUT2D eigenvalue weighted by molar-refractivity contribution is -0.136. The number of carbonyl (C=O) groups excluding carboxylic acids is 2. The molecule has 0 fully saturated rings. The fourth-order valence-corrected chi connectivity index (χ4v) is 5.28. The Bertz CT molecular complexity index is 1170. The van der Waals surface area contributed by atoms with Crippen molar-refractivity contribution in [1.29, 1.82) is 0 Å². The Hall–Kier alpha value is -2.90. The van der Waals surface area contributed by atoms with E-state index >= 15 is 0 Å². The van der Waals surface area contributed by atoms with Gasteiger partial charge < -0.3 is 14.5 Å². The molecule has 0 radical (unpaired) electrons. The fraction of sp³-hybridized carbons (Fsp3) is 0.333. The van der Waals surface area contributed by atoms with Crippen molar-refractivity contribution in [3.05, 3.63) is 86.8 Å². The van der Waals surface area contributed by atoms with Gasteiger partial charge in [0, 0.05) is 28.0 Å². The zero-order valence-electron chi connectivity index (χ0n) is 19.7. The van der Waals surface area contributed by atoms with E-state index in [4.69, 9.17) is 16.3 Å². The van der Waals surface area contributed by atoms with Crippen LogP contribution in [0.2, 0.25) is 5.02 Å². The van der Waals surface area contributed by atoms with Crippen LogP contribution in [0.4, 0.5) is 4.39 Å².